The Hall–Kier alpha value is -1.75. The number of carbonyl (C=O) groups excluding carboxylic acids is 1. The van der Waals surface area contributed by atoms with Crippen molar-refractivity contribution in [1.82, 2.24) is 0 Å². The fraction of sp³-hybridized carbons (Fsp3) is 0.562. The van der Waals surface area contributed by atoms with Gasteiger partial charge in [-0.3, -0.25) is 4.79 Å². The van der Waals surface area contributed by atoms with Crippen molar-refractivity contribution in [3.63, 3.8) is 0 Å². The van der Waals surface area contributed by atoms with Crippen LogP contribution in [0, 0.1) is 17.8 Å². The predicted molar refractivity (Wildman–Crippen MR) is 79.2 cm³/mol. The Labute approximate surface area is 125 Å². The van der Waals surface area contributed by atoms with Gasteiger partial charge in [-0.15, -0.1) is 0 Å². The van der Waals surface area contributed by atoms with E-state index in [0.29, 0.717) is 17.1 Å². The average molecular weight is 296 g/mol. The van der Waals surface area contributed by atoms with Crippen molar-refractivity contribution < 1.29 is 24.1 Å². The van der Waals surface area contributed by atoms with E-state index in [9.17, 15) is 9.90 Å². The SMILES string of the molecule is C=C(OC)C(=CC(=C)C(C)C1C(=O)OCC1C(C)O)OC. The number of hydrogen-bond acceptors (Lipinski definition) is 5. The van der Waals surface area contributed by atoms with E-state index in [-0.39, 0.29) is 24.4 Å². The summed E-state index contributed by atoms with van der Waals surface area (Å²) in [4.78, 5) is 11.9. The molecule has 1 saturated heterocycles. The summed E-state index contributed by atoms with van der Waals surface area (Å²) in [6.07, 6.45) is 1.08. The second kappa shape index (κ2) is 7.31. The molecule has 1 heterocycles. The maximum atomic E-state index is 11.9. The summed E-state index contributed by atoms with van der Waals surface area (Å²) in [5.74, 6) is -0.292. The Morgan fingerprint density at radius 2 is 2.00 bits per heavy atom. The zero-order valence-corrected chi connectivity index (χ0v) is 13.1. The first-order valence-electron chi connectivity index (χ1n) is 6.85. The number of allylic oxidation sites excluding steroid dienone is 2. The third-order valence-corrected chi connectivity index (χ3v) is 3.95. The van der Waals surface area contributed by atoms with E-state index in [1.54, 1.807) is 13.0 Å². The molecule has 118 valence electrons. The van der Waals surface area contributed by atoms with Crippen LogP contribution in [0.3, 0.4) is 0 Å². The summed E-state index contributed by atoms with van der Waals surface area (Å²) >= 11 is 0. The summed E-state index contributed by atoms with van der Waals surface area (Å²) in [5, 5.41) is 9.79. The number of aliphatic hydroxyl groups excluding tert-OH is 1. The minimum atomic E-state index is -0.614. The quantitative estimate of drug-likeness (QED) is 0.442. The van der Waals surface area contributed by atoms with Gasteiger partial charge in [0, 0.05) is 5.92 Å². The van der Waals surface area contributed by atoms with E-state index in [4.69, 9.17) is 14.2 Å². The second-order valence-corrected chi connectivity index (χ2v) is 5.26. The van der Waals surface area contributed by atoms with Crippen molar-refractivity contribution in [3.05, 3.63) is 36.3 Å². The van der Waals surface area contributed by atoms with E-state index in [2.05, 4.69) is 13.2 Å². The molecule has 0 spiro atoms. The smallest absolute Gasteiger partial charge is 0.310 e. The first-order valence-corrected chi connectivity index (χ1v) is 6.85. The number of hydrogen-bond donors (Lipinski definition) is 1. The molecule has 0 radical (unpaired) electrons. The molecule has 1 fully saturated rings. The van der Waals surface area contributed by atoms with E-state index >= 15 is 0 Å². The third kappa shape index (κ3) is 3.88. The van der Waals surface area contributed by atoms with Crippen LogP contribution in [0.1, 0.15) is 13.8 Å². The Kier molecular flexibility index (Phi) is 6.03. The maximum absolute atomic E-state index is 11.9. The van der Waals surface area contributed by atoms with Gasteiger partial charge in [-0.1, -0.05) is 20.1 Å². The van der Waals surface area contributed by atoms with Crippen LogP contribution >= 0.6 is 0 Å². The van der Waals surface area contributed by atoms with Crippen LogP contribution in [-0.2, 0) is 19.0 Å². The van der Waals surface area contributed by atoms with Gasteiger partial charge < -0.3 is 19.3 Å². The monoisotopic (exact) mass is 296 g/mol. The number of ether oxygens (including phenoxy) is 3. The Balaban J connectivity index is 2.93. The Morgan fingerprint density at radius 1 is 1.38 bits per heavy atom. The number of methoxy groups -OCH3 is 2. The molecule has 1 rings (SSSR count). The van der Waals surface area contributed by atoms with Gasteiger partial charge in [0.1, 0.15) is 0 Å². The standard InChI is InChI=1S/C16H24O5/c1-9(7-14(20-6)12(4)19-5)10(2)15-13(11(3)17)8-21-16(15)18/h7,10-11,13,15,17H,1,4,8H2,2-3,5-6H3. The summed E-state index contributed by atoms with van der Waals surface area (Å²) in [7, 11) is 3.01. The van der Waals surface area contributed by atoms with Gasteiger partial charge in [0.05, 0.1) is 32.8 Å². The molecule has 21 heavy (non-hydrogen) atoms. The first-order chi connectivity index (χ1) is 9.83. The summed E-state index contributed by atoms with van der Waals surface area (Å²) < 4.78 is 15.3. The molecule has 5 heteroatoms. The van der Waals surface area contributed by atoms with Gasteiger partial charge in [-0.2, -0.15) is 0 Å². The zero-order valence-electron chi connectivity index (χ0n) is 13.1. The first kappa shape index (κ1) is 17.3. The van der Waals surface area contributed by atoms with Gasteiger partial charge >= 0.3 is 5.97 Å². The largest absolute Gasteiger partial charge is 0.494 e. The lowest BCUT2D eigenvalue weighted by molar-refractivity contribution is -0.142. The predicted octanol–water partition coefficient (Wildman–Crippen LogP) is 2.04. The molecule has 0 aromatic heterocycles. The van der Waals surface area contributed by atoms with Crippen LogP contribution in [0.2, 0.25) is 0 Å². The van der Waals surface area contributed by atoms with Crippen molar-refractivity contribution in [2.45, 2.75) is 20.0 Å². The number of carbonyl (C=O) groups is 1. The molecule has 4 atom stereocenters. The van der Waals surface area contributed by atoms with Crippen molar-refractivity contribution in [2.24, 2.45) is 17.8 Å². The van der Waals surface area contributed by atoms with Crippen molar-refractivity contribution in [1.29, 1.82) is 0 Å². The molecule has 0 saturated carbocycles. The molecule has 1 aliphatic rings. The van der Waals surface area contributed by atoms with E-state index in [0.717, 1.165) is 0 Å². The van der Waals surface area contributed by atoms with Crippen LogP contribution in [0.5, 0.6) is 0 Å². The number of cyclic esters (lactones) is 1. The number of rotatable bonds is 7. The fourth-order valence-corrected chi connectivity index (χ4v) is 2.45. The Bertz CT molecular complexity index is 450. The van der Waals surface area contributed by atoms with Crippen LogP contribution < -0.4 is 0 Å². The van der Waals surface area contributed by atoms with Crippen molar-refractivity contribution in [3.8, 4) is 0 Å². The number of esters is 1. The van der Waals surface area contributed by atoms with Gasteiger partial charge in [-0.05, 0) is 24.5 Å². The molecule has 0 aliphatic carbocycles. The molecule has 0 amide bonds. The molecule has 0 bridgehead atoms. The van der Waals surface area contributed by atoms with E-state index in [1.165, 1.54) is 14.2 Å². The van der Waals surface area contributed by atoms with Crippen LogP contribution in [0.25, 0.3) is 0 Å². The highest BCUT2D eigenvalue weighted by Crippen LogP contribution is 2.35. The lowest BCUT2D eigenvalue weighted by atomic mass is 9.78. The van der Waals surface area contributed by atoms with E-state index in [1.807, 2.05) is 6.92 Å². The molecular formula is C16H24O5. The second-order valence-electron chi connectivity index (χ2n) is 5.26. The molecule has 4 unspecified atom stereocenters. The lowest BCUT2D eigenvalue weighted by Gasteiger charge is -2.24. The minimum Gasteiger partial charge on any atom is -0.494 e. The van der Waals surface area contributed by atoms with Crippen LogP contribution in [0.4, 0.5) is 0 Å². The van der Waals surface area contributed by atoms with Crippen molar-refractivity contribution in [2.75, 3.05) is 20.8 Å². The summed E-state index contributed by atoms with van der Waals surface area (Å²) in [6, 6.07) is 0. The fourth-order valence-electron chi connectivity index (χ4n) is 2.45. The third-order valence-electron chi connectivity index (χ3n) is 3.95. The van der Waals surface area contributed by atoms with Gasteiger partial charge in [0.2, 0.25) is 0 Å². The molecular weight excluding hydrogens is 272 g/mol. The van der Waals surface area contributed by atoms with Gasteiger partial charge in [-0.25, -0.2) is 0 Å². The van der Waals surface area contributed by atoms with Gasteiger partial charge in [0.25, 0.3) is 0 Å². The lowest BCUT2D eigenvalue weighted by Crippen LogP contribution is -2.31. The van der Waals surface area contributed by atoms with Crippen LogP contribution in [-0.4, -0.2) is 38.0 Å². The summed E-state index contributed by atoms with van der Waals surface area (Å²) in [6.45, 7) is 11.5. The molecule has 1 N–H and O–H groups in total. The summed E-state index contributed by atoms with van der Waals surface area (Å²) in [5.41, 5.74) is 0.694. The van der Waals surface area contributed by atoms with E-state index < -0.39 is 12.0 Å². The topological polar surface area (TPSA) is 65.0 Å². The zero-order chi connectivity index (χ0) is 16.2. The van der Waals surface area contributed by atoms with Crippen LogP contribution in [0.15, 0.2) is 36.3 Å². The van der Waals surface area contributed by atoms with Crippen molar-refractivity contribution >= 4 is 5.97 Å². The highest BCUT2D eigenvalue weighted by atomic mass is 16.5. The maximum Gasteiger partial charge on any atom is 0.310 e. The molecule has 0 aromatic rings. The Morgan fingerprint density at radius 3 is 2.48 bits per heavy atom. The molecule has 1 aliphatic heterocycles. The highest BCUT2D eigenvalue weighted by Gasteiger charge is 2.43. The number of aliphatic hydroxyl groups is 1. The highest BCUT2D eigenvalue weighted by molar-refractivity contribution is 5.75. The average Bonchev–Trinajstić information content (AvgIpc) is 2.84. The normalized spacial score (nSPS) is 25.0. The molecule has 0 aromatic carbocycles. The van der Waals surface area contributed by atoms with Gasteiger partial charge in [0.15, 0.2) is 11.5 Å². The minimum absolute atomic E-state index is 0.186. The molecule has 5 nitrogen and oxygen atoms in total.